The number of carbonyl (C=O) groups is 1. The first-order valence-electron chi connectivity index (χ1n) is 8.09. The van der Waals surface area contributed by atoms with Crippen molar-refractivity contribution in [2.24, 2.45) is 0 Å². The molecule has 0 aliphatic carbocycles. The van der Waals surface area contributed by atoms with Gasteiger partial charge in [0.25, 0.3) is 5.91 Å². The van der Waals surface area contributed by atoms with Gasteiger partial charge in [0.15, 0.2) is 9.84 Å². The highest BCUT2D eigenvalue weighted by Gasteiger charge is 2.34. The first-order valence-corrected chi connectivity index (χ1v) is 9.91. The summed E-state index contributed by atoms with van der Waals surface area (Å²) >= 11 is 0. The van der Waals surface area contributed by atoms with E-state index in [9.17, 15) is 18.3 Å². The Hall–Kier alpha value is -2.10. The van der Waals surface area contributed by atoms with Crippen molar-refractivity contribution in [1.82, 2.24) is 4.90 Å². The van der Waals surface area contributed by atoms with Crippen molar-refractivity contribution >= 4 is 15.7 Å². The Bertz CT molecular complexity index is 825. The number of hydrogen-bond acceptors (Lipinski definition) is 4. The van der Waals surface area contributed by atoms with E-state index in [-0.39, 0.29) is 23.5 Å². The Labute approximate surface area is 149 Å². The molecule has 1 aromatic carbocycles. The Morgan fingerprint density at radius 3 is 2.76 bits per heavy atom. The van der Waals surface area contributed by atoms with Crippen LogP contribution in [0.4, 0.5) is 0 Å². The third-order valence-electron chi connectivity index (χ3n) is 3.86. The minimum Gasteiger partial charge on any atom is -0.378 e. The largest absolute Gasteiger partial charge is 0.378 e. The number of aliphatic hydroxyl groups is 1. The molecule has 1 heterocycles. The van der Waals surface area contributed by atoms with Crippen LogP contribution >= 0.6 is 0 Å². The Kier molecular flexibility index (Phi) is 5.71. The molecule has 5 nitrogen and oxygen atoms in total. The van der Waals surface area contributed by atoms with Crippen LogP contribution < -0.4 is 0 Å². The average molecular weight is 361 g/mol. The van der Waals surface area contributed by atoms with E-state index in [1.165, 1.54) is 0 Å². The lowest BCUT2D eigenvalue weighted by Gasteiger charge is -2.27. The van der Waals surface area contributed by atoms with Crippen LogP contribution in [0.5, 0.6) is 0 Å². The summed E-state index contributed by atoms with van der Waals surface area (Å²) in [5.74, 6) is 5.41. The predicted molar refractivity (Wildman–Crippen MR) is 97.9 cm³/mol. The summed E-state index contributed by atoms with van der Waals surface area (Å²) in [4.78, 5) is 14.4. The molecule has 25 heavy (non-hydrogen) atoms. The lowest BCUT2D eigenvalue weighted by Crippen LogP contribution is -2.41. The van der Waals surface area contributed by atoms with Gasteiger partial charge in [0.2, 0.25) is 0 Å². The van der Waals surface area contributed by atoms with Crippen LogP contribution in [0.2, 0.25) is 0 Å². The first kappa shape index (κ1) is 19.2. The zero-order chi connectivity index (χ0) is 18.7. The predicted octanol–water partition coefficient (Wildman–Crippen LogP) is 1.62. The van der Waals surface area contributed by atoms with Gasteiger partial charge in [0.1, 0.15) is 5.60 Å². The van der Waals surface area contributed by atoms with Gasteiger partial charge in [0.05, 0.1) is 11.5 Å². The summed E-state index contributed by atoms with van der Waals surface area (Å²) < 4.78 is 23.5. The van der Waals surface area contributed by atoms with Gasteiger partial charge < -0.3 is 10.0 Å². The quantitative estimate of drug-likeness (QED) is 0.653. The van der Waals surface area contributed by atoms with Crippen molar-refractivity contribution < 1.29 is 18.3 Å². The lowest BCUT2D eigenvalue weighted by molar-refractivity contribution is 0.0720. The smallest absolute Gasteiger partial charge is 0.254 e. The minimum atomic E-state index is -3.09. The highest BCUT2D eigenvalue weighted by molar-refractivity contribution is 7.91. The number of nitrogens with zero attached hydrogens (tertiary/aromatic N) is 1. The second kappa shape index (κ2) is 7.42. The molecule has 1 N–H and O–H groups in total. The molecule has 1 saturated heterocycles. The molecule has 0 radical (unpaired) electrons. The van der Waals surface area contributed by atoms with E-state index in [2.05, 4.69) is 18.4 Å². The van der Waals surface area contributed by atoms with Crippen LogP contribution in [0.3, 0.4) is 0 Å². The van der Waals surface area contributed by atoms with E-state index < -0.39 is 15.4 Å². The molecule has 0 saturated carbocycles. The van der Waals surface area contributed by atoms with Crippen LogP contribution in [-0.2, 0) is 9.84 Å². The maximum atomic E-state index is 12.9. The molecular formula is C19H23NO4S. The second-order valence-electron chi connectivity index (χ2n) is 6.69. The van der Waals surface area contributed by atoms with Gasteiger partial charge in [-0.2, -0.15) is 0 Å². The topological polar surface area (TPSA) is 74.7 Å². The molecule has 1 fully saturated rings. The van der Waals surface area contributed by atoms with Crippen LogP contribution in [0.1, 0.15) is 36.2 Å². The van der Waals surface area contributed by atoms with Crippen molar-refractivity contribution in [2.75, 3.05) is 18.1 Å². The van der Waals surface area contributed by atoms with E-state index in [0.29, 0.717) is 24.1 Å². The van der Waals surface area contributed by atoms with E-state index >= 15 is 0 Å². The van der Waals surface area contributed by atoms with Gasteiger partial charge in [-0.25, -0.2) is 8.42 Å². The summed E-state index contributed by atoms with van der Waals surface area (Å²) in [6.07, 6.45) is 2.04. The van der Waals surface area contributed by atoms with Gasteiger partial charge >= 0.3 is 0 Å². The Balaban J connectivity index is 2.27. The molecule has 1 atom stereocenters. The molecule has 0 unspecified atom stereocenters. The minimum absolute atomic E-state index is 0.00915. The van der Waals surface area contributed by atoms with Crippen molar-refractivity contribution in [2.45, 2.75) is 31.9 Å². The molecule has 2 rings (SSSR count). The molecule has 6 heteroatoms. The third-order valence-corrected chi connectivity index (χ3v) is 5.61. The number of carbonyl (C=O) groups excluding carboxylic acids is 1. The van der Waals surface area contributed by atoms with Crippen molar-refractivity contribution in [3.05, 3.63) is 48.0 Å². The van der Waals surface area contributed by atoms with Crippen molar-refractivity contribution in [3.63, 3.8) is 0 Å². The fraction of sp³-hybridized carbons (Fsp3) is 0.421. The van der Waals surface area contributed by atoms with Crippen LogP contribution in [0, 0.1) is 11.8 Å². The molecule has 1 amide bonds. The third kappa shape index (κ3) is 5.45. The lowest BCUT2D eigenvalue weighted by atomic mass is 10.1. The Morgan fingerprint density at radius 1 is 1.48 bits per heavy atom. The molecule has 1 aliphatic heterocycles. The van der Waals surface area contributed by atoms with Crippen LogP contribution in [0.15, 0.2) is 36.9 Å². The number of benzene rings is 1. The summed E-state index contributed by atoms with van der Waals surface area (Å²) in [5, 5.41) is 9.69. The fourth-order valence-electron chi connectivity index (χ4n) is 2.68. The van der Waals surface area contributed by atoms with E-state index in [0.717, 1.165) is 0 Å². The van der Waals surface area contributed by atoms with Crippen molar-refractivity contribution in [3.8, 4) is 11.8 Å². The van der Waals surface area contributed by atoms with E-state index in [4.69, 9.17) is 0 Å². The van der Waals surface area contributed by atoms with Crippen LogP contribution in [-0.4, -0.2) is 54.0 Å². The maximum Gasteiger partial charge on any atom is 0.254 e. The summed E-state index contributed by atoms with van der Waals surface area (Å²) in [5.41, 5.74) is -0.0631. The fourth-order valence-corrected chi connectivity index (χ4v) is 4.41. The second-order valence-corrected chi connectivity index (χ2v) is 8.92. The molecule has 134 valence electrons. The first-order chi connectivity index (χ1) is 11.6. The van der Waals surface area contributed by atoms with Gasteiger partial charge in [-0.15, -0.1) is 6.58 Å². The molecule has 0 aromatic heterocycles. The monoisotopic (exact) mass is 361 g/mol. The van der Waals surface area contributed by atoms with Gasteiger partial charge in [-0.05, 0) is 38.5 Å². The molecule has 0 bridgehead atoms. The van der Waals surface area contributed by atoms with Gasteiger partial charge in [-0.3, -0.25) is 4.79 Å². The number of sulfone groups is 1. The SMILES string of the molecule is C=CCN(C(=O)c1cccc(C#CC(C)(C)O)c1)[C@@H]1CCS(=O)(=O)C1. The maximum absolute atomic E-state index is 12.9. The summed E-state index contributed by atoms with van der Waals surface area (Å²) in [6.45, 7) is 7.12. The standard InChI is InChI=1S/C19H23NO4S/c1-4-11-20(17-9-12-25(23,24)14-17)18(21)16-7-5-6-15(13-16)8-10-19(2,3)22/h4-7,13,17,22H,1,9,11-12,14H2,2-3H3/t17-/m1/s1. The van der Waals surface area contributed by atoms with E-state index in [1.54, 1.807) is 49.1 Å². The number of amides is 1. The highest BCUT2D eigenvalue weighted by Crippen LogP contribution is 2.20. The molecule has 1 aromatic rings. The summed E-state index contributed by atoms with van der Waals surface area (Å²) in [6, 6.07) is 6.48. The van der Waals surface area contributed by atoms with Crippen molar-refractivity contribution in [1.29, 1.82) is 0 Å². The molecule has 1 aliphatic rings. The highest BCUT2D eigenvalue weighted by atomic mass is 32.2. The zero-order valence-corrected chi connectivity index (χ0v) is 15.3. The van der Waals surface area contributed by atoms with Gasteiger partial charge in [0, 0.05) is 23.7 Å². The zero-order valence-electron chi connectivity index (χ0n) is 14.5. The number of rotatable bonds is 4. The Morgan fingerprint density at radius 2 is 2.20 bits per heavy atom. The van der Waals surface area contributed by atoms with Crippen LogP contribution in [0.25, 0.3) is 0 Å². The normalized spacial score (nSPS) is 18.9. The van der Waals surface area contributed by atoms with E-state index in [1.807, 2.05) is 0 Å². The molecular weight excluding hydrogens is 338 g/mol. The summed E-state index contributed by atoms with van der Waals surface area (Å²) in [7, 11) is -3.09. The van der Waals surface area contributed by atoms with Gasteiger partial charge in [-0.1, -0.05) is 24.0 Å². The molecule has 0 spiro atoms. The number of hydrogen-bond donors (Lipinski definition) is 1. The average Bonchev–Trinajstić information content (AvgIpc) is 2.89.